The molecule has 2 aliphatic heterocycles. The van der Waals surface area contributed by atoms with Gasteiger partial charge in [-0.25, -0.2) is 9.83 Å². The number of pyridine rings is 1. The van der Waals surface area contributed by atoms with Crippen LogP contribution in [0.15, 0.2) is 6.07 Å². The summed E-state index contributed by atoms with van der Waals surface area (Å²) >= 11 is 0. The Morgan fingerprint density at radius 1 is 1.46 bits per heavy atom. The van der Waals surface area contributed by atoms with Crippen molar-refractivity contribution in [3.05, 3.63) is 23.0 Å². The molecular formula is C18H24N4O2. The number of carbonyl (C=O) groups excluding carboxylic acids is 1. The van der Waals surface area contributed by atoms with Gasteiger partial charge < -0.3 is 14.5 Å². The Morgan fingerprint density at radius 3 is 2.83 bits per heavy atom. The first-order valence-corrected chi connectivity index (χ1v) is 8.51. The van der Waals surface area contributed by atoms with Gasteiger partial charge in [-0.3, -0.25) is 4.79 Å². The van der Waals surface area contributed by atoms with Gasteiger partial charge in [0.15, 0.2) is 0 Å². The van der Waals surface area contributed by atoms with Gasteiger partial charge in [-0.15, -0.1) is 0 Å². The third-order valence-corrected chi connectivity index (χ3v) is 5.15. The number of nitrogens with zero attached hydrogens (tertiary/aromatic N) is 4. The van der Waals surface area contributed by atoms with Crippen LogP contribution in [0.2, 0.25) is 0 Å². The van der Waals surface area contributed by atoms with Crippen molar-refractivity contribution in [1.82, 2.24) is 4.98 Å². The smallest absolute Gasteiger partial charge is 0.305 e. The Balaban J connectivity index is 1.82. The molecule has 0 N–H and O–H groups in total. The Morgan fingerprint density at radius 2 is 2.25 bits per heavy atom. The van der Waals surface area contributed by atoms with Crippen molar-refractivity contribution in [3.8, 4) is 0 Å². The Hall–Kier alpha value is -2.29. The van der Waals surface area contributed by atoms with E-state index in [9.17, 15) is 4.79 Å². The van der Waals surface area contributed by atoms with E-state index in [1.54, 1.807) is 0 Å². The second kappa shape index (κ2) is 6.68. The number of hydrogen-bond acceptors (Lipinski definition) is 5. The lowest BCUT2D eigenvalue weighted by molar-refractivity contribution is -0.141. The van der Waals surface area contributed by atoms with Crippen LogP contribution in [-0.4, -0.2) is 43.7 Å². The molecule has 0 aromatic carbocycles. The lowest BCUT2D eigenvalue weighted by Crippen LogP contribution is -2.46. The molecule has 0 saturated carbocycles. The van der Waals surface area contributed by atoms with Crippen LogP contribution in [0.3, 0.4) is 0 Å². The SMILES string of the molecule is [C-]#[N+]c1c(C)cc(N2CC[C@H](CC(=O)OC)C2)nc1N1CC[C@@H]1C. The van der Waals surface area contributed by atoms with Crippen molar-refractivity contribution in [2.24, 2.45) is 5.92 Å². The van der Waals surface area contributed by atoms with Crippen molar-refractivity contribution in [2.75, 3.05) is 36.5 Å². The molecule has 0 bridgehead atoms. The molecule has 0 radical (unpaired) electrons. The molecule has 2 aliphatic rings. The van der Waals surface area contributed by atoms with Crippen LogP contribution in [0.25, 0.3) is 4.85 Å². The summed E-state index contributed by atoms with van der Waals surface area (Å²) in [4.78, 5) is 24.4. The van der Waals surface area contributed by atoms with E-state index in [0.717, 1.165) is 49.7 Å². The topological polar surface area (TPSA) is 50.0 Å². The molecule has 6 nitrogen and oxygen atoms in total. The molecule has 6 heteroatoms. The quantitative estimate of drug-likeness (QED) is 0.628. The first-order valence-electron chi connectivity index (χ1n) is 8.51. The summed E-state index contributed by atoms with van der Waals surface area (Å²) in [7, 11) is 1.43. The molecule has 2 atom stereocenters. The molecule has 0 aliphatic carbocycles. The highest BCUT2D eigenvalue weighted by Gasteiger charge is 2.30. The van der Waals surface area contributed by atoms with E-state index in [4.69, 9.17) is 16.3 Å². The van der Waals surface area contributed by atoms with Gasteiger partial charge in [-0.05, 0) is 44.2 Å². The number of rotatable bonds is 4. The highest BCUT2D eigenvalue weighted by atomic mass is 16.5. The number of esters is 1. The van der Waals surface area contributed by atoms with Crippen LogP contribution < -0.4 is 9.80 Å². The van der Waals surface area contributed by atoms with Crippen molar-refractivity contribution in [1.29, 1.82) is 0 Å². The molecule has 0 spiro atoms. The van der Waals surface area contributed by atoms with Crippen LogP contribution >= 0.6 is 0 Å². The molecule has 128 valence electrons. The van der Waals surface area contributed by atoms with Crippen LogP contribution in [0.4, 0.5) is 17.3 Å². The van der Waals surface area contributed by atoms with E-state index in [1.807, 2.05) is 13.0 Å². The minimum atomic E-state index is -0.149. The van der Waals surface area contributed by atoms with E-state index >= 15 is 0 Å². The summed E-state index contributed by atoms with van der Waals surface area (Å²) in [5.74, 6) is 1.90. The molecule has 1 aromatic rings. The maximum atomic E-state index is 11.5. The van der Waals surface area contributed by atoms with E-state index in [-0.39, 0.29) is 5.97 Å². The Bertz CT molecular complexity index is 682. The summed E-state index contributed by atoms with van der Waals surface area (Å²) in [5, 5.41) is 0. The summed E-state index contributed by atoms with van der Waals surface area (Å²) in [5.41, 5.74) is 1.64. The predicted molar refractivity (Wildman–Crippen MR) is 93.6 cm³/mol. The van der Waals surface area contributed by atoms with Gasteiger partial charge in [0.2, 0.25) is 5.69 Å². The highest BCUT2D eigenvalue weighted by Crippen LogP contribution is 2.38. The number of ether oxygens (including phenoxy) is 1. The number of hydrogen-bond donors (Lipinski definition) is 0. The van der Waals surface area contributed by atoms with Crippen LogP contribution in [0.1, 0.15) is 31.7 Å². The monoisotopic (exact) mass is 328 g/mol. The largest absolute Gasteiger partial charge is 0.469 e. The molecule has 3 heterocycles. The third kappa shape index (κ3) is 3.03. The van der Waals surface area contributed by atoms with Crippen molar-refractivity contribution in [3.63, 3.8) is 0 Å². The molecule has 0 unspecified atom stereocenters. The number of methoxy groups -OCH3 is 1. The average Bonchev–Trinajstić information content (AvgIpc) is 3.01. The van der Waals surface area contributed by atoms with Gasteiger partial charge >= 0.3 is 5.97 Å². The van der Waals surface area contributed by atoms with Crippen LogP contribution in [0.5, 0.6) is 0 Å². The van der Waals surface area contributed by atoms with Gasteiger partial charge in [-0.1, -0.05) is 0 Å². The molecule has 24 heavy (non-hydrogen) atoms. The summed E-state index contributed by atoms with van der Waals surface area (Å²) < 4.78 is 4.77. The molecule has 2 saturated heterocycles. The van der Waals surface area contributed by atoms with Crippen molar-refractivity contribution >= 4 is 23.3 Å². The predicted octanol–water partition coefficient (Wildman–Crippen LogP) is 2.93. The fourth-order valence-electron chi connectivity index (χ4n) is 3.49. The summed E-state index contributed by atoms with van der Waals surface area (Å²) in [6.07, 6.45) is 2.57. The minimum Gasteiger partial charge on any atom is -0.469 e. The Kier molecular flexibility index (Phi) is 4.61. The first-order chi connectivity index (χ1) is 11.5. The van der Waals surface area contributed by atoms with E-state index in [0.29, 0.717) is 24.1 Å². The normalized spacial score (nSPS) is 22.9. The van der Waals surface area contributed by atoms with Gasteiger partial charge in [0, 0.05) is 25.7 Å². The number of aryl methyl sites for hydroxylation is 1. The average molecular weight is 328 g/mol. The first kappa shape index (κ1) is 16.6. The van der Waals surface area contributed by atoms with Gasteiger partial charge in [0.05, 0.1) is 20.1 Å². The van der Waals surface area contributed by atoms with Crippen molar-refractivity contribution in [2.45, 2.75) is 39.2 Å². The van der Waals surface area contributed by atoms with Crippen LogP contribution in [0, 0.1) is 19.4 Å². The highest BCUT2D eigenvalue weighted by molar-refractivity contribution is 5.75. The molecule has 3 rings (SSSR count). The summed E-state index contributed by atoms with van der Waals surface area (Å²) in [6, 6.07) is 2.44. The zero-order valence-corrected chi connectivity index (χ0v) is 14.6. The van der Waals surface area contributed by atoms with Gasteiger partial charge in [0.1, 0.15) is 11.6 Å². The van der Waals surface area contributed by atoms with Gasteiger partial charge in [0.25, 0.3) is 0 Å². The van der Waals surface area contributed by atoms with E-state index in [2.05, 4.69) is 21.6 Å². The summed E-state index contributed by atoms with van der Waals surface area (Å²) in [6.45, 7) is 14.3. The molecule has 1 aromatic heterocycles. The molecular weight excluding hydrogens is 304 g/mol. The molecule has 2 fully saturated rings. The second-order valence-corrected chi connectivity index (χ2v) is 6.79. The Labute approximate surface area is 143 Å². The zero-order chi connectivity index (χ0) is 17.3. The van der Waals surface area contributed by atoms with Crippen molar-refractivity contribution < 1.29 is 9.53 Å². The third-order valence-electron chi connectivity index (χ3n) is 5.15. The van der Waals surface area contributed by atoms with Crippen LogP contribution in [-0.2, 0) is 9.53 Å². The fourth-order valence-corrected chi connectivity index (χ4v) is 3.49. The minimum absolute atomic E-state index is 0.149. The zero-order valence-electron chi connectivity index (χ0n) is 14.6. The number of anilines is 2. The van der Waals surface area contributed by atoms with E-state index < -0.39 is 0 Å². The van der Waals surface area contributed by atoms with E-state index in [1.165, 1.54) is 7.11 Å². The molecule has 0 amide bonds. The number of carbonyl (C=O) groups is 1. The number of aromatic nitrogens is 1. The standard InChI is InChI=1S/C18H24N4O2/c1-12-9-15(21-7-6-14(11-21)10-16(23)24-4)20-18(17(12)19-3)22-8-5-13(22)2/h9,13-14H,5-8,10-11H2,1-2,4H3/t13-,14+/m0/s1. The second-order valence-electron chi connectivity index (χ2n) is 6.79. The fraction of sp³-hybridized carbons (Fsp3) is 0.611. The lowest BCUT2D eigenvalue weighted by Gasteiger charge is -2.41. The maximum absolute atomic E-state index is 11.5. The maximum Gasteiger partial charge on any atom is 0.305 e. The lowest BCUT2D eigenvalue weighted by atomic mass is 10.0. The van der Waals surface area contributed by atoms with Gasteiger partial charge in [-0.2, -0.15) is 0 Å².